The molecule has 1 aromatic heterocycles. The number of fused-ring (bicyclic) bond motifs is 1. The number of carbonyl (C=O) groups is 1. The molecule has 0 saturated carbocycles. The molecule has 0 aliphatic carbocycles. The summed E-state index contributed by atoms with van der Waals surface area (Å²) in [6, 6.07) is 18.6. The quantitative estimate of drug-likeness (QED) is 0.562. The number of pyridine rings is 1. The van der Waals surface area contributed by atoms with Crippen LogP contribution in [0.5, 0.6) is 5.75 Å². The molecule has 2 aromatic carbocycles. The number of benzene rings is 2. The minimum Gasteiger partial charge on any atom is -0.449 e. The number of hydrogen-bond donors (Lipinski definition) is 1. The molecule has 0 saturated heterocycles. The molecule has 1 N–H and O–H groups in total. The summed E-state index contributed by atoms with van der Waals surface area (Å²) in [6.07, 6.45) is -1.33. The van der Waals surface area contributed by atoms with E-state index in [1.165, 1.54) is 0 Å². The van der Waals surface area contributed by atoms with Crippen LogP contribution in [0.1, 0.15) is 0 Å². The molecular weight excluding hydrogens is 254 g/mol. The van der Waals surface area contributed by atoms with Gasteiger partial charge in [0.05, 0.1) is 11.2 Å². The largest absolute Gasteiger partial charge is 0.511 e. The molecule has 98 valence electrons. The molecule has 20 heavy (non-hydrogen) atoms. The van der Waals surface area contributed by atoms with E-state index in [1.54, 1.807) is 12.1 Å². The highest BCUT2D eigenvalue weighted by Crippen LogP contribution is 2.27. The molecule has 0 amide bonds. The Morgan fingerprint density at radius 1 is 0.950 bits per heavy atom. The summed E-state index contributed by atoms with van der Waals surface area (Å²) in [7, 11) is 0. The summed E-state index contributed by atoms with van der Waals surface area (Å²) in [5.74, 6) is 0.294. The van der Waals surface area contributed by atoms with Gasteiger partial charge in [0.1, 0.15) is 5.75 Å². The van der Waals surface area contributed by atoms with Crippen LogP contribution in [-0.2, 0) is 0 Å². The van der Waals surface area contributed by atoms with Crippen LogP contribution in [0.25, 0.3) is 22.2 Å². The molecule has 3 rings (SSSR count). The third-order valence-corrected chi connectivity index (χ3v) is 2.96. The van der Waals surface area contributed by atoms with E-state index in [-0.39, 0.29) is 0 Å². The number of carboxylic acid groups (broad SMARTS) is 1. The monoisotopic (exact) mass is 265 g/mol. The van der Waals surface area contributed by atoms with E-state index in [1.807, 2.05) is 48.5 Å². The van der Waals surface area contributed by atoms with E-state index in [4.69, 9.17) is 9.84 Å². The molecule has 0 radical (unpaired) electrons. The summed E-state index contributed by atoms with van der Waals surface area (Å²) in [5, 5.41) is 9.39. The lowest BCUT2D eigenvalue weighted by Gasteiger charge is -2.06. The van der Waals surface area contributed by atoms with Crippen molar-refractivity contribution in [1.82, 2.24) is 4.98 Å². The standard InChI is InChI=1S/C16H11NO3/c18-16(19)20-15-8-4-7-14-12(15)9-10-13(17-14)11-5-2-1-3-6-11/h1-10H,(H,18,19). The van der Waals surface area contributed by atoms with Gasteiger partial charge in [0.25, 0.3) is 0 Å². The smallest absolute Gasteiger partial charge is 0.449 e. The molecule has 0 aliphatic heterocycles. The maximum atomic E-state index is 10.7. The Bertz CT molecular complexity index is 769. The third-order valence-electron chi connectivity index (χ3n) is 2.96. The number of aromatic nitrogens is 1. The molecule has 0 atom stereocenters. The molecule has 0 fully saturated rings. The highest BCUT2D eigenvalue weighted by molar-refractivity contribution is 5.88. The van der Waals surface area contributed by atoms with E-state index in [9.17, 15) is 4.79 Å². The predicted molar refractivity (Wildman–Crippen MR) is 75.8 cm³/mol. The Balaban J connectivity index is 2.11. The summed E-state index contributed by atoms with van der Waals surface area (Å²) in [5.41, 5.74) is 2.55. The maximum Gasteiger partial charge on any atom is 0.511 e. The van der Waals surface area contributed by atoms with Crippen LogP contribution in [0.15, 0.2) is 60.7 Å². The van der Waals surface area contributed by atoms with Crippen molar-refractivity contribution >= 4 is 17.1 Å². The second kappa shape index (κ2) is 5.01. The Kier molecular flexibility index (Phi) is 3.05. The SMILES string of the molecule is O=C(O)Oc1cccc2nc(-c3ccccc3)ccc12. The topological polar surface area (TPSA) is 59.4 Å². The average Bonchev–Trinajstić information content (AvgIpc) is 2.47. The van der Waals surface area contributed by atoms with Gasteiger partial charge in [-0.05, 0) is 24.3 Å². The van der Waals surface area contributed by atoms with Crippen LogP contribution in [0.2, 0.25) is 0 Å². The van der Waals surface area contributed by atoms with Crippen molar-refractivity contribution in [3.8, 4) is 17.0 Å². The Morgan fingerprint density at radius 2 is 1.75 bits per heavy atom. The van der Waals surface area contributed by atoms with Gasteiger partial charge in [0, 0.05) is 10.9 Å². The predicted octanol–water partition coefficient (Wildman–Crippen LogP) is 3.96. The van der Waals surface area contributed by atoms with Crippen molar-refractivity contribution in [2.75, 3.05) is 0 Å². The number of hydrogen-bond acceptors (Lipinski definition) is 3. The van der Waals surface area contributed by atoms with Gasteiger partial charge in [0.15, 0.2) is 0 Å². The molecule has 0 unspecified atom stereocenters. The van der Waals surface area contributed by atoms with Crippen LogP contribution in [0, 0.1) is 0 Å². The summed E-state index contributed by atoms with van der Waals surface area (Å²) >= 11 is 0. The first-order valence-electron chi connectivity index (χ1n) is 6.10. The van der Waals surface area contributed by atoms with E-state index >= 15 is 0 Å². The van der Waals surface area contributed by atoms with Gasteiger partial charge < -0.3 is 9.84 Å². The van der Waals surface area contributed by atoms with Gasteiger partial charge in [-0.15, -0.1) is 0 Å². The second-order valence-corrected chi connectivity index (χ2v) is 4.25. The van der Waals surface area contributed by atoms with Gasteiger partial charge in [-0.3, -0.25) is 0 Å². The molecule has 4 nitrogen and oxygen atoms in total. The first-order valence-corrected chi connectivity index (χ1v) is 6.10. The lowest BCUT2D eigenvalue weighted by molar-refractivity contribution is 0.145. The Morgan fingerprint density at radius 3 is 2.50 bits per heavy atom. The van der Waals surface area contributed by atoms with E-state index in [0.29, 0.717) is 16.7 Å². The van der Waals surface area contributed by atoms with Crippen LogP contribution in [0.3, 0.4) is 0 Å². The first kappa shape index (κ1) is 12.2. The van der Waals surface area contributed by atoms with E-state index in [0.717, 1.165) is 11.3 Å². The molecule has 3 aromatic rings. The van der Waals surface area contributed by atoms with Crippen molar-refractivity contribution in [2.45, 2.75) is 0 Å². The number of nitrogens with zero attached hydrogens (tertiary/aromatic N) is 1. The maximum absolute atomic E-state index is 10.7. The van der Waals surface area contributed by atoms with Crippen molar-refractivity contribution in [2.24, 2.45) is 0 Å². The second-order valence-electron chi connectivity index (χ2n) is 4.25. The van der Waals surface area contributed by atoms with Crippen LogP contribution in [-0.4, -0.2) is 16.2 Å². The van der Waals surface area contributed by atoms with Crippen molar-refractivity contribution in [3.05, 3.63) is 60.7 Å². The van der Waals surface area contributed by atoms with Crippen molar-refractivity contribution < 1.29 is 14.6 Å². The van der Waals surface area contributed by atoms with Gasteiger partial charge in [-0.2, -0.15) is 0 Å². The minimum absolute atomic E-state index is 0.294. The summed E-state index contributed by atoms with van der Waals surface area (Å²) in [4.78, 5) is 15.2. The zero-order chi connectivity index (χ0) is 13.9. The van der Waals surface area contributed by atoms with Gasteiger partial charge >= 0.3 is 6.16 Å². The molecular formula is C16H11NO3. The third kappa shape index (κ3) is 2.31. The molecule has 0 bridgehead atoms. The van der Waals surface area contributed by atoms with E-state index in [2.05, 4.69) is 4.98 Å². The fourth-order valence-electron chi connectivity index (χ4n) is 2.08. The first-order chi connectivity index (χ1) is 9.74. The lowest BCUT2D eigenvalue weighted by Crippen LogP contribution is -2.03. The van der Waals surface area contributed by atoms with E-state index < -0.39 is 6.16 Å². The van der Waals surface area contributed by atoms with Gasteiger partial charge in [-0.1, -0.05) is 36.4 Å². The molecule has 0 aliphatic rings. The van der Waals surface area contributed by atoms with Crippen molar-refractivity contribution in [3.63, 3.8) is 0 Å². The zero-order valence-electron chi connectivity index (χ0n) is 10.5. The number of rotatable bonds is 2. The fraction of sp³-hybridized carbons (Fsp3) is 0. The lowest BCUT2D eigenvalue weighted by atomic mass is 10.1. The average molecular weight is 265 g/mol. The Labute approximate surface area is 115 Å². The normalized spacial score (nSPS) is 10.4. The van der Waals surface area contributed by atoms with Crippen molar-refractivity contribution in [1.29, 1.82) is 0 Å². The highest BCUT2D eigenvalue weighted by atomic mass is 16.7. The minimum atomic E-state index is -1.33. The highest BCUT2D eigenvalue weighted by Gasteiger charge is 2.08. The molecule has 1 heterocycles. The zero-order valence-corrected chi connectivity index (χ0v) is 10.5. The van der Waals surface area contributed by atoms with Gasteiger partial charge in [-0.25, -0.2) is 9.78 Å². The fourth-order valence-corrected chi connectivity index (χ4v) is 2.08. The molecule has 4 heteroatoms. The summed E-state index contributed by atoms with van der Waals surface area (Å²) in [6.45, 7) is 0. The molecule has 0 spiro atoms. The summed E-state index contributed by atoms with van der Waals surface area (Å²) < 4.78 is 4.75. The van der Waals surface area contributed by atoms with Crippen LogP contribution >= 0.6 is 0 Å². The Hall–Kier alpha value is -2.88. The van der Waals surface area contributed by atoms with Crippen LogP contribution in [0.4, 0.5) is 4.79 Å². The van der Waals surface area contributed by atoms with Crippen LogP contribution < -0.4 is 4.74 Å². The number of ether oxygens (including phenoxy) is 1. The van der Waals surface area contributed by atoms with Gasteiger partial charge in [0.2, 0.25) is 0 Å².